The summed E-state index contributed by atoms with van der Waals surface area (Å²) in [5.41, 5.74) is 1.23. The number of amides is 1. The lowest BCUT2D eigenvalue weighted by molar-refractivity contribution is 0.102. The van der Waals surface area contributed by atoms with Gasteiger partial charge in [-0.3, -0.25) is 4.79 Å². The average Bonchev–Trinajstić information content (AvgIpc) is 3.37. The van der Waals surface area contributed by atoms with Crippen LogP contribution in [-0.2, 0) is 10.2 Å². The fourth-order valence-corrected chi connectivity index (χ4v) is 5.34. The molecule has 1 aliphatic rings. The monoisotopic (exact) mass is 557 g/mol. The zero-order valence-corrected chi connectivity index (χ0v) is 21.6. The van der Waals surface area contributed by atoms with E-state index in [0.29, 0.717) is 43.0 Å². The molecule has 0 bridgehead atoms. The van der Waals surface area contributed by atoms with Crippen molar-refractivity contribution >= 4 is 33.1 Å². The summed E-state index contributed by atoms with van der Waals surface area (Å²) in [6, 6.07) is 7.95. The van der Waals surface area contributed by atoms with Crippen molar-refractivity contribution in [3.8, 4) is 17.0 Å². The molecule has 14 heteroatoms. The van der Waals surface area contributed by atoms with E-state index < -0.39 is 27.8 Å². The maximum absolute atomic E-state index is 14.9. The molecule has 0 aliphatic carbocycles. The van der Waals surface area contributed by atoms with Crippen molar-refractivity contribution in [3.05, 3.63) is 72.3 Å². The Morgan fingerprint density at radius 3 is 2.67 bits per heavy atom. The first kappa shape index (κ1) is 26.5. The Bertz CT molecular complexity index is 1650. The molecule has 0 unspecified atom stereocenters. The summed E-state index contributed by atoms with van der Waals surface area (Å²) in [5.74, 6) is -1.47. The zero-order chi connectivity index (χ0) is 27.7. The number of nitrogens with zero attached hydrogens (tertiary/aromatic N) is 4. The van der Waals surface area contributed by atoms with Crippen LogP contribution in [0.15, 0.2) is 55.0 Å². The van der Waals surface area contributed by atoms with E-state index in [2.05, 4.69) is 20.0 Å². The number of halogens is 2. The number of methoxy groups -OCH3 is 1. The Kier molecular flexibility index (Phi) is 7.16. The second kappa shape index (κ2) is 10.6. The van der Waals surface area contributed by atoms with Gasteiger partial charge in [0.1, 0.15) is 28.8 Å². The first-order chi connectivity index (χ1) is 18.6. The smallest absolute Gasteiger partial charge is 0.275 e. The number of carbonyl (C=O) groups is 1. The molecular formula is C25H25F2N7O4S. The maximum atomic E-state index is 14.9. The van der Waals surface area contributed by atoms with Gasteiger partial charge in [-0.1, -0.05) is 6.07 Å². The number of ether oxygens (including phenoxy) is 1. The summed E-state index contributed by atoms with van der Waals surface area (Å²) < 4.78 is 61.1. The van der Waals surface area contributed by atoms with E-state index in [1.54, 1.807) is 16.7 Å². The van der Waals surface area contributed by atoms with Crippen molar-refractivity contribution in [1.29, 1.82) is 0 Å². The topological polar surface area (TPSA) is 144 Å². The quantitative estimate of drug-likeness (QED) is 0.317. The van der Waals surface area contributed by atoms with Crippen LogP contribution in [0.25, 0.3) is 16.9 Å². The van der Waals surface area contributed by atoms with Crippen LogP contribution in [0.3, 0.4) is 0 Å². The molecule has 2 aromatic heterocycles. The molecule has 204 valence electrons. The van der Waals surface area contributed by atoms with E-state index in [-0.39, 0.29) is 28.7 Å². The Labute approximate surface area is 222 Å². The molecule has 1 aliphatic heterocycles. The highest BCUT2D eigenvalue weighted by Crippen LogP contribution is 2.34. The van der Waals surface area contributed by atoms with Crippen LogP contribution in [0.1, 0.15) is 23.3 Å². The fraction of sp³-hybridized carbons (Fsp3) is 0.240. The van der Waals surface area contributed by atoms with Gasteiger partial charge < -0.3 is 19.4 Å². The second-order valence-corrected chi connectivity index (χ2v) is 10.3. The minimum absolute atomic E-state index is 0.0351. The van der Waals surface area contributed by atoms with E-state index in [9.17, 15) is 22.0 Å². The van der Waals surface area contributed by atoms with Gasteiger partial charge in [-0.25, -0.2) is 23.9 Å². The number of hydrogen-bond acceptors (Lipinski definition) is 7. The second-order valence-electron chi connectivity index (χ2n) is 8.99. The van der Waals surface area contributed by atoms with Crippen molar-refractivity contribution < 1.29 is 26.7 Å². The number of benzene rings is 2. The molecule has 4 N–H and O–H groups in total. The molecule has 11 nitrogen and oxygen atoms in total. The highest BCUT2D eigenvalue weighted by molar-refractivity contribution is 7.87. The first-order valence-electron chi connectivity index (χ1n) is 12.0. The van der Waals surface area contributed by atoms with Gasteiger partial charge in [0.15, 0.2) is 5.65 Å². The largest absolute Gasteiger partial charge is 0.496 e. The van der Waals surface area contributed by atoms with Crippen molar-refractivity contribution in [2.24, 2.45) is 5.14 Å². The van der Waals surface area contributed by atoms with Crippen molar-refractivity contribution in [3.63, 3.8) is 0 Å². The zero-order valence-electron chi connectivity index (χ0n) is 20.8. The number of rotatable bonds is 7. The van der Waals surface area contributed by atoms with E-state index in [0.717, 1.165) is 0 Å². The van der Waals surface area contributed by atoms with Gasteiger partial charge in [0.25, 0.3) is 16.1 Å². The highest BCUT2D eigenvalue weighted by Gasteiger charge is 2.25. The molecule has 1 amide bonds. The summed E-state index contributed by atoms with van der Waals surface area (Å²) in [4.78, 5) is 23.9. The van der Waals surface area contributed by atoms with Crippen molar-refractivity contribution in [1.82, 2.24) is 19.1 Å². The lowest BCUT2D eigenvalue weighted by Gasteiger charge is -2.34. The van der Waals surface area contributed by atoms with Crippen molar-refractivity contribution in [2.75, 3.05) is 30.4 Å². The summed E-state index contributed by atoms with van der Waals surface area (Å²) in [7, 11) is -2.44. The van der Waals surface area contributed by atoms with Crippen LogP contribution in [0.2, 0.25) is 0 Å². The lowest BCUT2D eigenvalue weighted by Crippen LogP contribution is -2.46. The van der Waals surface area contributed by atoms with Gasteiger partial charge in [0, 0.05) is 37.7 Å². The molecule has 0 atom stereocenters. The number of fused-ring (bicyclic) bond motifs is 1. The van der Waals surface area contributed by atoms with Crippen LogP contribution in [-0.4, -0.2) is 54.9 Å². The Morgan fingerprint density at radius 1 is 1.18 bits per heavy atom. The number of hydrogen-bond donors (Lipinski definition) is 3. The summed E-state index contributed by atoms with van der Waals surface area (Å²) in [6.45, 7) is 0.798. The fourth-order valence-electron chi connectivity index (χ4n) is 4.64. The maximum Gasteiger partial charge on any atom is 0.275 e. The van der Waals surface area contributed by atoms with E-state index in [1.165, 1.54) is 49.8 Å². The number of nitrogens with two attached hydrogens (primary N) is 1. The molecule has 5 rings (SSSR count). The van der Waals surface area contributed by atoms with E-state index in [4.69, 9.17) is 9.88 Å². The molecule has 1 saturated heterocycles. The average molecular weight is 558 g/mol. The third-order valence-corrected chi connectivity index (χ3v) is 7.08. The van der Waals surface area contributed by atoms with Crippen LogP contribution >= 0.6 is 0 Å². The predicted molar refractivity (Wildman–Crippen MR) is 141 cm³/mol. The van der Waals surface area contributed by atoms with Crippen LogP contribution in [0.5, 0.6) is 5.75 Å². The van der Waals surface area contributed by atoms with Gasteiger partial charge in [-0.15, -0.1) is 0 Å². The van der Waals surface area contributed by atoms with Crippen LogP contribution in [0, 0.1) is 11.6 Å². The van der Waals surface area contributed by atoms with E-state index >= 15 is 0 Å². The number of nitrogens with one attached hydrogen (secondary N) is 2. The number of aromatic nitrogens is 3. The normalized spacial score (nSPS) is 14.5. The molecule has 2 aromatic carbocycles. The van der Waals surface area contributed by atoms with Gasteiger partial charge in [0.2, 0.25) is 0 Å². The number of piperidine rings is 1. The Morgan fingerprint density at radius 2 is 1.95 bits per heavy atom. The molecule has 4 aromatic rings. The minimum Gasteiger partial charge on any atom is -0.496 e. The number of carbonyl (C=O) groups excluding carboxylic acids is 1. The molecule has 3 heterocycles. The summed E-state index contributed by atoms with van der Waals surface area (Å²) in [5, 5.41) is 7.86. The first-order valence-corrected chi connectivity index (χ1v) is 13.5. The van der Waals surface area contributed by atoms with Gasteiger partial charge >= 0.3 is 0 Å². The highest BCUT2D eigenvalue weighted by atomic mass is 32.2. The lowest BCUT2D eigenvalue weighted by atomic mass is 10.0. The summed E-state index contributed by atoms with van der Waals surface area (Å²) >= 11 is 0. The van der Waals surface area contributed by atoms with Gasteiger partial charge in [0.05, 0.1) is 24.0 Å². The third kappa shape index (κ3) is 5.67. The predicted octanol–water partition coefficient (Wildman–Crippen LogP) is 2.70. The Balaban J connectivity index is 1.45. The SMILES string of the molecule is COc1cccc(F)c1-c1nc(C(=O)Nc2ccc(F)cc2N2CCC(NS(N)(=O)=O)CC2)cn2ccnc12. The number of imidazole rings is 1. The summed E-state index contributed by atoms with van der Waals surface area (Å²) in [6.07, 6.45) is 5.44. The minimum atomic E-state index is -3.84. The van der Waals surface area contributed by atoms with Crippen LogP contribution < -0.4 is 24.8 Å². The van der Waals surface area contributed by atoms with E-state index in [1.807, 2.05) is 4.90 Å². The molecule has 39 heavy (non-hydrogen) atoms. The van der Waals surface area contributed by atoms with Gasteiger partial charge in [-0.05, 0) is 43.2 Å². The van der Waals surface area contributed by atoms with Crippen molar-refractivity contribution in [2.45, 2.75) is 18.9 Å². The number of anilines is 2. The molecule has 1 fully saturated rings. The molecule has 0 saturated carbocycles. The van der Waals surface area contributed by atoms with Gasteiger partial charge in [-0.2, -0.15) is 13.1 Å². The molecule has 0 spiro atoms. The standard InChI is InChI=1S/C25H25F2N7O4S/c1-38-21-4-2-3-17(27)22(21)23-24-29-9-12-34(24)14-19(30-23)25(35)31-18-6-5-15(26)13-20(18)33-10-7-16(8-11-33)32-39(28,36)37/h2-6,9,12-14,16,32H,7-8,10-11H2,1H3,(H,31,35)(H2,28,36,37). The third-order valence-electron chi connectivity index (χ3n) is 6.41. The molecule has 0 radical (unpaired) electrons. The van der Waals surface area contributed by atoms with Crippen LogP contribution in [0.4, 0.5) is 20.2 Å². The molecular weight excluding hydrogens is 532 g/mol. The Hall–Kier alpha value is -4.14.